The molecule has 202 valence electrons. The number of esters is 1. The van der Waals surface area contributed by atoms with Crippen molar-refractivity contribution in [3.05, 3.63) is 57.6 Å². The molecular formula is C26H31N5O6S. The van der Waals surface area contributed by atoms with E-state index in [1.165, 1.54) is 13.2 Å². The zero-order valence-electron chi connectivity index (χ0n) is 21.4. The molecule has 0 radical (unpaired) electrons. The Kier molecular flexibility index (Phi) is 8.74. The molecule has 0 unspecified atom stereocenters. The fraction of sp³-hybridized carbons (Fsp3) is 0.423. The van der Waals surface area contributed by atoms with E-state index in [-0.39, 0.29) is 16.4 Å². The van der Waals surface area contributed by atoms with Crippen LogP contribution in [-0.4, -0.2) is 68.4 Å². The van der Waals surface area contributed by atoms with Gasteiger partial charge in [0.15, 0.2) is 5.11 Å². The van der Waals surface area contributed by atoms with Gasteiger partial charge in [0, 0.05) is 37.8 Å². The maximum atomic E-state index is 13.0. The van der Waals surface area contributed by atoms with Gasteiger partial charge in [0.1, 0.15) is 5.69 Å². The molecule has 0 saturated carbocycles. The molecule has 11 nitrogen and oxygen atoms in total. The van der Waals surface area contributed by atoms with Crippen LogP contribution in [0.4, 0.5) is 22.7 Å². The third kappa shape index (κ3) is 6.37. The number of hydrogen-bond donors (Lipinski definition) is 2. The normalized spacial score (nSPS) is 16.1. The van der Waals surface area contributed by atoms with Crippen LogP contribution in [-0.2, 0) is 9.47 Å². The molecule has 2 aromatic carbocycles. The molecule has 2 aromatic rings. The highest BCUT2D eigenvalue weighted by atomic mass is 32.1. The number of carbonyl (C=O) groups is 2. The maximum Gasteiger partial charge on any atom is 0.337 e. The number of benzene rings is 2. The summed E-state index contributed by atoms with van der Waals surface area (Å²) in [5, 5.41) is 17.4. The Morgan fingerprint density at radius 1 is 1.03 bits per heavy atom. The fourth-order valence-corrected chi connectivity index (χ4v) is 4.82. The number of nitro groups is 1. The Morgan fingerprint density at radius 2 is 1.66 bits per heavy atom. The standard InChI is InChI=1S/C26H31N5O6S/c1-17-7-9-29(10-8-17)22-6-3-18(16-23(22)31(34)35)24(32)28-26(38)27-20-15-19(25(33)36-2)4-5-21(20)30-11-13-37-14-12-30/h3-6,15-17H,7-14H2,1-2H3,(H2,27,28,32,38). The van der Waals surface area contributed by atoms with Gasteiger partial charge >= 0.3 is 5.97 Å². The van der Waals surface area contributed by atoms with Crippen LogP contribution >= 0.6 is 12.2 Å². The van der Waals surface area contributed by atoms with E-state index in [1.54, 1.807) is 30.3 Å². The number of nitrogens with zero attached hydrogens (tertiary/aromatic N) is 3. The first-order valence-corrected chi connectivity index (χ1v) is 12.9. The summed E-state index contributed by atoms with van der Waals surface area (Å²) in [5.41, 5.74) is 2.13. The van der Waals surface area contributed by atoms with Crippen LogP contribution in [0.2, 0.25) is 0 Å². The van der Waals surface area contributed by atoms with Gasteiger partial charge in [-0.15, -0.1) is 0 Å². The van der Waals surface area contributed by atoms with E-state index < -0.39 is 16.8 Å². The van der Waals surface area contributed by atoms with Crippen LogP contribution in [0.15, 0.2) is 36.4 Å². The van der Waals surface area contributed by atoms with E-state index in [1.807, 2.05) is 4.90 Å². The van der Waals surface area contributed by atoms with E-state index in [2.05, 4.69) is 22.5 Å². The van der Waals surface area contributed by atoms with Crippen molar-refractivity contribution < 1.29 is 24.0 Å². The van der Waals surface area contributed by atoms with Gasteiger partial charge in [-0.1, -0.05) is 6.92 Å². The molecule has 2 aliphatic rings. The average Bonchev–Trinajstić information content (AvgIpc) is 2.93. The smallest absolute Gasteiger partial charge is 0.337 e. The number of amides is 1. The number of methoxy groups -OCH3 is 1. The number of thiocarbonyl (C=S) groups is 1. The van der Waals surface area contributed by atoms with Gasteiger partial charge in [-0.3, -0.25) is 20.2 Å². The summed E-state index contributed by atoms with van der Waals surface area (Å²) in [6, 6.07) is 9.52. The van der Waals surface area contributed by atoms with E-state index in [4.69, 9.17) is 21.7 Å². The molecule has 2 saturated heterocycles. The van der Waals surface area contributed by atoms with Gasteiger partial charge in [0.25, 0.3) is 11.6 Å². The lowest BCUT2D eigenvalue weighted by molar-refractivity contribution is -0.384. The summed E-state index contributed by atoms with van der Waals surface area (Å²) in [5.74, 6) is -0.505. The topological polar surface area (TPSA) is 126 Å². The summed E-state index contributed by atoms with van der Waals surface area (Å²) < 4.78 is 10.3. The van der Waals surface area contributed by atoms with Gasteiger partial charge in [-0.2, -0.15) is 0 Å². The monoisotopic (exact) mass is 541 g/mol. The zero-order chi connectivity index (χ0) is 27.2. The van der Waals surface area contributed by atoms with Crippen molar-refractivity contribution in [1.29, 1.82) is 0 Å². The molecule has 0 aliphatic carbocycles. The minimum Gasteiger partial charge on any atom is -0.465 e. The van der Waals surface area contributed by atoms with Gasteiger partial charge in [-0.05, 0) is 61.3 Å². The van der Waals surface area contributed by atoms with E-state index in [0.717, 1.165) is 31.6 Å². The summed E-state index contributed by atoms with van der Waals surface area (Å²) in [4.78, 5) is 40.5. The van der Waals surface area contributed by atoms with Crippen molar-refractivity contribution in [3.63, 3.8) is 0 Å². The molecule has 0 bridgehead atoms. The van der Waals surface area contributed by atoms with Gasteiger partial charge < -0.3 is 24.6 Å². The number of rotatable bonds is 6. The molecule has 2 N–H and O–H groups in total. The molecule has 4 rings (SSSR count). The average molecular weight is 542 g/mol. The Bertz CT molecular complexity index is 1220. The summed E-state index contributed by atoms with van der Waals surface area (Å²) >= 11 is 5.39. The quantitative estimate of drug-likeness (QED) is 0.243. The second-order valence-electron chi connectivity index (χ2n) is 9.36. The third-order valence-corrected chi connectivity index (χ3v) is 7.01. The molecule has 2 heterocycles. The molecule has 0 atom stereocenters. The summed E-state index contributed by atoms with van der Waals surface area (Å²) in [6.07, 6.45) is 1.92. The molecular weight excluding hydrogens is 510 g/mol. The van der Waals surface area contributed by atoms with E-state index in [0.29, 0.717) is 49.2 Å². The first kappa shape index (κ1) is 27.3. The largest absolute Gasteiger partial charge is 0.465 e. The van der Waals surface area contributed by atoms with Crippen molar-refractivity contribution >= 4 is 52.0 Å². The lowest BCUT2D eigenvalue weighted by atomic mass is 9.98. The third-order valence-electron chi connectivity index (χ3n) is 6.80. The van der Waals surface area contributed by atoms with Crippen LogP contribution < -0.4 is 20.4 Å². The Hall–Kier alpha value is -3.77. The van der Waals surface area contributed by atoms with Crippen LogP contribution in [0.25, 0.3) is 0 Å². The maximum absolute atomic E-state index is 13.0. The zero-order valence-corrected chi connectivity index (χ0v) is 22.2. The molecule has 12 heteroatoms. The number of morpholine rings is 1. The van der Waals surface area contributed by atoms with Gasteiger partial charge in [0.2, 0.25) is 0 Å². The summed E-state index contributed by atoms with van der Waals surface area (Å²) in [7, 11) is 1.30. The highest BCUT2D eigenvalue weighted by Gasteiger charge is 2.25. The summed E-state index contributed by atoms with van der Waals surface area (Å²) in [6.45, 7) is 6.06. The lowest BCUT2D eigenvalue weighted by Gasteiger charge is -2.31. The first-order valence-electron chi connectivity index (χ1n) is 12.5. The molecule has 0 spiro atoms. The highest BCUT2D eigenvalue weighted by Crippen LogP contribution is 2.32. The lowest BCUT2D eigenvalue weighted by Crippen LogP contribution is -2.38. The Labute approximate surface area is 226 Å². The highest BCUT2D eigenvalue weighted by molar-refractivity contribution is 7.80. The Balaban J connectivity index is 1.51. The SMILES string of the molecule is COC(=O)c1ccc(N2CCOCC2)c(NC(=S)NC(=O)c2ccc(N3CCC(C)CC3)c([N+](=O)[O-])c2)c1. The number of carbonyl (C=O) groups excluding carboxylic acids is 2. The number of nitro benzene ring substituents is 1. The number of hydrogen-bond acceptors (Lipinski definition) is 9. The second-order valence-corrected chi connectivity index (χ2v) is 9.77. The number of nitrogens with one attached hydrogen (secondary N) is 2. The minimum absolute atomic E-state index is 0.0109. The molecule has 0 aromatic heterocycles. The predicted molar refractivity (Wildman–Crippen MR) is 148 cm³/mol. The predicted octanol–water partition coefficient (Wildman–Crippen LogP) is 3.58. The van der Waals surface area contributed by atoms with Crippen molar-refractivity contribution in [2.75, 3.05) is 61.6 Å². The number of ether oxygens (including phenoxy) is 2. The first-order chi connectivity index (χ1) is 18.3. The Morgan fingerprint density at radius 3 is 2.32 bits per heavy atom. The van der Waals surface area contributed by atoms with E-state index in [9.17, 15) is 19.7 Å². The fourth-order valence-electron chi connectivity index (χ4n) is 4.62. The van der Waals surface area contributed by atoms with Crippen molar-refractivity contribution in [2.45, 2.75) is 19.8 Å². The molecule has 2 fully saturated rings. The molecule has 2 aliphatic heterocycles. The van der Waals surface area contributed by atoms with Crippen LogP contribution in [0.3, 0.4) is 0 Å². The number of anilines is 3. The van der Waals surface area contributed by atoms with Gasteiger partial charge in [-0.25, -0.2) is 4.79 Å². The van der Waals surface area contributed by atoms with E-state index >= 15 is 0 Å². The van der Waals surface area contributed by atoms with Crippen LogP contribution in [0.5, 0.6) is 0 Å². The van der Waals surface area contributed by atoms with Crippen LogP contribution in [0.1, 0.15) is 40.5 Å². The van der Waals surface area contributed by atoms with Crippen molar-refractivity contribution in [3.8, 4) is 0 Å². The number of piperidine rings is 1. The minimum atomic E-state index is -0.582. The molecule has 38 heavy (non-hydrogen) atoms. The van der Waals surface area contributed by atoms with Crippen molar-refractivity contribution in [1.82, 2.24) is 5.32 Å². The molecule has 1 amide bonds. The van der Waals surface area contributed by atoms with Crippen LogP contribution in [0, 0.1) is 16.0 Å². The second kappa shape index (κ2) is 12.2. The van der Waals surface area contributed by atoms with Gasteiger partial charge in [0.05, 0.1) is 42.2 Å². The van der Waals surface area contributed by atoms with Crippen molar-refractivity contribution in [2.24, 2.45) is 5.92 Å².